The molecule has 0 saturated heterocycles. The fourth-order valence-corrected chi connectivity index (χ4v) is 1.42. The van der Waals surface area contributed by atoms with E-state index in [0.717, 1.165) is 24.2 Å². The van der Waals surface area contributed by atoms with Crippen LogP contribution in [0.25, 0.3) is 0 Å². The van der Waals surface area contributed by atoms with E-state index in [1.807, 2.05) is 0 Å². The van der Waals surface area contributed by atoms with Gasteiger partial charge < -0.3 is 0 Å². The van der Waals surface area contributed by atoms with E-state index < -0.39 is 0 Å². The molecule has 0 aliphatic carbocycles. The number of allylic oxidation sites excluding steroid dienone is 2. The lowest BCUT2D eigenvalue weighted by Crippen LogP contribution is -1.95. The van der Waals surface area contributed by atoms with Crippen molar-refractivity contribution in [2.24, 2.45) is 5.92 Å². The Bertz CT molecular complexity index is 147. The topological polar surface area (TPSA) is 0 Å². The molecule has 0 aromatic heterocycles. The number of hydrogen-bond acceptors (Lipinski definition) is 1. The summed E-state index contributed by atoms with van der Waals surface area (Å²) in [6.45, 7) is 12.1. The van der Waals surface area contributed by atoms with Crippen molar-refractivity contribution in [1.82, 2.24) is 0 Å². The van der Waals surface area contributed by atoms with E-state index in [0.29, 0.717) is 5.92 Å². The predicted octanol–water partition coefficient (Wildman–Crippen LogP) is 3.81. The van der Waals surface area contributed by atoms with Crippen LogP contribution in [-0.2, 0) is 0 Å². The highest BCUT2D eigenvalue weighted by Crippen LogP contribution is 2.20. The molecule has 0 bridgehead atoms. The number of rotatable bonds is 5. The van der Waals surface area contributed by atoms with Gasteiger partial charge in [-0.05, 0) is 30.1 Å². The van der Waals surface area contributed by atoms with Gasteiger partial charge in [0.2, 0.25) is 0 Å². The minimum absolute atomic E-state index is 0.646. The molecule has 0 amide bonds. The van der Waals surface area contributed by atoms with Gasteiger partial charge in [-0.2, -0.15) is 0 Å². The van der Waals surface area contributed by atoms with Gasteiger partial charge in [-0.1, -0.05) is 32.6 Å². The molecule has 0 aromatic rings. The molecule has 0 N–H and O–H groups in total. The Morgan fingerprint density at radius 3 is 2.27 bits per heavy atom. The van der Waals surface area contributed by atoms with Gasteiger partial charge in [0.15, 0.2) is 0 Å². The Kier molecular flexibility index (Phi) is 5.39. The zero-order valence-corrected chi connectivity index (χ0v) is 8.45. The molecule has 64 valence electrons. The first kappa shape index (κ1) is 10.8. The third-order valence-corrected chi connectivity index (χ3v) is 1.90. The second-order valence-corrected chi connectivity index (χ2v) is 3.82. The van der Waals surface area contributed by atoms with E-state index in [1.165, 1.54) is 5.57 Å². The maximum atomic E-state index is 4.16. The van der Waals surface area contributed by atoms with E-state index in [1.54, 1.807) is 0 Å². The Balaban J connectivity index is 3.60. The van der Waals surface area contributed by atoms with Crippen molar-refractivity contribution in [2.45, 2.75) is 33.1 Å². The Morgan fingerprint density at radius 1 is 1.36 bits per heavy atom. The lowest BCUT2D eigenvalue weighted by molar-refractivity contribution is 0.576. The fourth-order valence-electron chi connectivity index (χ4n) is 1.11. The van der Waals surface area contributed by atoms with Crippen LogP contribution in [0.4, 0.5) is 0 Å². The summed E-state index contributed by atoms with van der Waals surface area (Å²) in [6.07, 6.45) is 3.20. The summed E-state index contributed by atoms with van der Waals surface area (Å²) >= 11 is 4.16. The molecular weight excluding hydrogens is 152 g/mol. The van der Waals surface area contributed by atoms with Crippen LogP contribution >= 0.6 is 12.6 Å². The largest absolute Gasteiger partial charge is 0.148 e. The van der Waals surface area contributed by atoms with Gasteiger partial charge in [-0.15, -0.1) is 12.6 Å². The van der Waals surface area contributed by atoms with Crippen molar-refractivity contribution < 1.29 is 0 Å². The van der Waals surface area contributed by atoms with Crippen molar-refractivity contribution in [1.29, 1.82) is 0 Å². The Morgan fingerprint density at radius 2 is 1.91 bits per heavy atom. The van der Waals surface area contributed by atoms with E-state index in [9.17, 15) is 0 Å². The summed E-state index contributed by atoms with van der Waals surface area (Å²) in [5.41, 5.74) is 1.33. The highest BCUT2D eigenvalue weighted by Gasteiger charge is 2.03. The summed E-state index contributed by atoms with van der Waals surface area (Å²) in [7, 11) is 0. The maximum absolute atomic E-state index is 4.16. The Labute approximate surface area is 75.8 Å². The van der Waals surface area contributed by atoms with E-state index >= 15 is 0 Å². The van der Waals surface area contributed by atoms with Gasteiger partial charge in [-0.25, -0.2) is 0 Å². The van der Waals surface area contributed by atoms with E-state index in [4.69, 9.17) is 0 Å². The van der Waals surface area contributed by atoms with Crippen molar-refractivity contribution in [3.05, 3.63) is 23.6 Å². The monoisotopic (exact) mass is 170 g/mol. The normalized spacial score (nSPS) is 12.6. The molecule has 1 unspecified atom stereocenters. The molecular formula is C10H18S. The molecule has 0 heterocycles. The number of hydrogen-bond donors (Lipinski definition) is 1. The van der Waals surface area contributed by atoms with Crippen LogP contribution in [0, 0.1) is 5.92 Å². The molecule has 0 saturated carbocycles. The van der Waals surface area contributed by atoms with Crippen LogP contribution in [0.5, 0.6) is 0 Å². The molecule has 0 nitrogen and oxygen atoms in total. The van der Waals surface area contributed by atoms with E-state index in [-0.39, 0.29) is 0 Å². The molecule has 0 aliphatic heterocycles. The zero-order valence-electron chi connectivity index (χ0n) is 7.56. The lowest BCUT2D eigenvalue weighted by atomic mass is 9.98. The standard InChI is InChI=1S/C10H18S/c1-5-8(2)6-9(3)7-10(4)11/h9,11H,2,4-7H2,1,3H3. The quantitative estimate of drug-likeness (QED) is 0.471. The zero-order chi connectivity index (χ0) is 8.85. The first-order valence-electron chi connectivity index (χ1n) is 4.09. The van der Waals surface area contributed by atoms with Crippen molar-refractivity contribution >= 4 is 12.6 Å². The maximum Gasteiger partial charge on any atom is -0.0198 e. The third kappa shape index (κ3) is 6.24. The van der Waals surface area contributed by atoms with Crippen molar-refractivity contribution in [2.75, 3.05) is 0 Å². The van der Waals surface area contributed by atoms with Gasteiger partial charge in [0.1, 0.15) is 0 Å². The minimum Gasteiger partial charge on any atom is -0.148 e. The molecule has 0 fully saturated rings. The average Bonchev–Trinajstić information content (AvgIpc) is 1.85. The first-order chi connectivity index (χ1) is 5.06. The molecule has 0 aliphatic rings. The minimum atomic E-state index is 0.646. The summed E-state index contributed by atoms with van der Waals surface area (Å²) in [6, 6.07) is 0. The molecule has 0 rings (SSSR count). The van der Waals surface area contributed by atoms with Crippen LogP contribution < -0.4 is 0 Å². The summed E-state index contributed by atoms with van der Waals surface area (Å²) in [5, 5.41) is 0. The smallest absolute Gasteiger partial charge is 0.0198 e. The summed E-state index contributed by atoms with van der Waals surface area (Å²) < 4.78 is 0. The fraction of sp³-hybridized carbons (Fsp3) is 0.600. The first-order valence-corrected chi connectivity index (χ1v) is 4.54. The second kappa shape index (κ2) is 5.48. The molecule has 11 heavy (non-hydrogen) atoms. The van der Waals surface area contributed by atoms with Crippen LogP contribution in [0.15, 0.2) is 23.6 Å². The van der Waals surface area contributed by atoms with Crippen molar-refractivity contribution in [3.63, 3.8) is 0 Å². The SMILES string of the molecule is C=C(S)CC(C)CC(=C)CC. The van der Waals surface area contributed by atoms with Gasteiger partial charge in [-0.3, -0.25) is 0 Å². The van der Waals surface area contributed by atoms with Gasteiger partial charge in [0, 0.05) is 0 Å². The second-order valence-electron chi connectivity index (χ2n) is 3.18. The van der Waals surface area contributed by atoms with Crippen LogP contribution in [0.2, 0.25) is 0 Å². The lowest BCUT2D eigenvalue weighted by Gasteiger charge is -2.11. The highest BCUT2D eigenvalue weighted by molar-refractivity contribution is 7.84. The molecule has 0 spiro atoms. The van der Waals surface area contributed by atoms with E-state index in [2.05, 4.69) is 39.6 Å². The summed E-state index contributed by atoms with van der Waals surface area (Å²) in [5.74, 6) is 0.646. The van der Waals surface area contributed by atoms with Gasteiger partial charge in [0.05, 0.1) is 0 Å². The molecule has 0 radical (unpaired) electrons. The summed E-state index contributed by atoms with van der Waals surface area (Å²) in [4.78, 5) is 0.974. The molecule has 1 heteroatoms. The highest BCUT2D eigenvalue weighted by atomic mass is 32.1. The van der Waals surface area contributed by atoms with Crippen LogP contribution in [0.1, 0.15) is 33.1 Å². The van der Waals surface area contributed by atoms with Crippen LogP contribution in [-0.4, -0.2) is 0 Å². The average molecular weight is 170 g/mol. The molecule has 1 atom stereocenters. The van der Waals surface area contributed by atoms with Crippen LogP contribution in [0.3, 0.4) is 0 Å². The van der Waals surface area contributed by atoms with Gasteiger partial charge in [0.25, 0.3) is 0 Å². The number of thiol groups is 1. The predicted molar refractivity (Wildman–Crippen MR) is 56.0 cm³/mol. The Hall–Kier alpha value is -0.170. The van der Waals surface area contributed by atoms with Crippen molar-refractivity contribution in [3.8, 4) is 0 Å². The third-order valence-electron chi connectivity index (χ3n) is 1.72. The van der Waals surface area contributed by atoms with Gasteiger partial charge >= 0.3 is 0 Å². The molecule has 0 aromatic carbocycles.